The summed E-state index contributed by atoms with van der Waals surface area (Å²) in [6.07, 6.45) is 11.5. The maximum absolute atomic E-state index is 12.1. The van der Waals surface area contributed by atoms with E-state index in [2.05, 4.69) is 52.8 Å². The Morgan fingerprint density at radius 2 is 1.47 bits per heavy atom. The lowest BCUT2D eigenvalue weighted by Gasteiger charge is -2.46. The van der Waals surface area contributed by atoms with Crippen molar-refractivity contribution in [3.05, 3.63) is 18.0 Å². The van der Waals surface area contributed by atoms with Crippen LogP contribution >= 0.6 is 0 Å². The predicted octanol–water partition coefficient (Wildman–Crippen LogP) is 4.04. The Balaban J connectivity index is 1.28. The van der Waals surface area contributed by atoms with E-state index in [1.807, 2.05) is 13.8 Å². The van der Waals surface area contributed by atoms with Crippen LogP contribution < -0.4 is 4.90 Å². The Bertz CT molecular complexity index is 800. The topological polar surface area (TPSA) is 55.8 Å². The van der Waals surface area contributed by atoms with Crippen molar-refractivity contribution in [3.63, 3.8) is 0 Å². The molecule has 1 aromatic rings. The Labute approximate surface area is 219 Å². The third-order valence-corrected chi connectivity index (χ3v) is 9.12. The SMILES string of the molecule is CCC1CN(CC)CC(CC)N1c1ncc(C2CCC(N3CCN(CC(=O)C(C)C)CC3)CC2)cn1. The van der Waals surface area contributed by atoms with Crippen LogP contribution in [0.2, 0.25) is 0 Å². The number of hydrogen-bond donors (Lipinski definition) is 0. The molecule has 1 aromatic heterocycles. The van der Waals surface area contributed by atoms with E-state index in [0.29, 0.717) is 36.4 Å². The standard InChI is InChI=1S/C29H50N6O/c1-6-25-19-32(8-3)20-26(7-2)35(25)29-30-17-24(18-31-29)23-9-11-27(12-10-23)34-15-13-33(14-16-34)21-28(36)22(4)5/h17-18,22-23,25-27H,6-16,19-21H2,1-5H3. The molecule has 0 spiro atoms. The van der Waals surface area contributed by atoms with Gasteiger partial charge in [-0.3, -0.25) is 19.5 Å². The molecular formula is C29H50N6O. The molecule has 3 heterocycles. The number of carbonyl (C=O) groups is 1. The number of anilines is 1. The fourth-order valence-corrected chi connectivity index (χ4v) is 6.52. The molecule has 1 aliphatic carbocycles. The van der Waals surface area contributed by atoms with E-state index in [4.69, 9.17) is 9.97 Å². The monoisotopic (exact) mass is 498 g/mol. The predicted molar refractivity (Wildman–Crippen MR) is 148 cm³/mol. The molecule has 4 rings (SSSR count). The van der Waals surface area contributed by atoms with Crippen LogP contribution in [-0.4, -0.2) is 101 Å². The number of rotatable bonds is 9. The Morgan fingerprint density at radius 1 is 0.889 bits per heavy atom. The first kappa shape index (κ1) is 27.5. The number of carbonyl (C=O) groups excluding carboxylic acids is 1. The average Bonchev–Trinajstić information content (AvgIpc) is 2.92. The van der Waals surface area contributed by atoms with Gasteiger partial charge in [0.05, 0.1) is 6.54 Å². The molecule has 202 valence electrons. The number of aromatic nitrogens is 2. The Hall–Kier alpha value is -1.57. The van der Waals surface area contributed by atoms with E-state index in [1.54, 1.807) is 0 Å². The summed E-state index contributed by atoms with van der Waals surface area (Å²) < 4.78 is 0. The van der Waals surface area contributed by atoms with Gasteiger partial charge in [-0.2, -0.15) is 0 Å². The quantitative estimate of drug-likeness (QED) is 0.509. The average molecular weight is 499 g/mol. The molecule has 1 saturated carbocycles. The molecule has 0 N–H and O–H groups in total. The second kappa shape index (κ2) is 12.8. The fourth-order valence-electron chi connectivity index (χ4n) is 6.52. The van der Waals surface area contributed by atoms with Crippen molar-refractivity contribution in [1.82, 2.24) is 24.7 Å². The molecule has 0 radical (unpaired) electrons. The van der Waals surface area contributed by atoms with Gasteiger partial charge in [0.2, 0.25) is 5.95 Å². The zero-order valence-corrected chi connectivity index (χ0v) is 23.5. The van der Waals surface area contributed by atoms with Crippen LogP contribution in [0.1, 0.15) is 84.6 Å². The maximum Gasteiger partial charge on any atom is 0.225 e. The summed E-state index contributed by atoms with van der Waals surface area (Å²) in [6.45, 7) is 19.1. The van der Waals surface area contributed by atoms with E-state index >= 15 is 0 Å². The third kappa shape index (κ3) is 6.46. The summed E-state index contributed by atoms with van der Waals surface area (Å²) in [5.41, 5.74) is 1.32. The van der Waals surface area contributed by atoms with E-state index in [9.17, 15) is 4.79 Å². The summed E-state index contributed by atoms with van der Waals surface area (Å²) in [7, 11) is 0. The van der Waals surface area contributed by atoms with Crippen LogP contribution in [0.4, 0.5) is 5.95 Å². The van der Waals surface area contributed by atoms with Crippen molar-refractivity contribution >= 4 is 11.7 Å². The van der Waals surface area contributed by atoms with Crippen molar-refractivity contribution in [2.75, 3.05) is 57.3 Å². The molecule has 0 aromatic carbocycles. The zero-order valence-electron chi connectivity index (χ0n) is 23.5. The molecule has 0 bridgehead atoms. The van der Waals surface area contributed by atoms with E-state index in [0.717, 1.165) is 64.6 Å². The second-order valence-electron chi connectivity index (χ2n) is 11.6. The van der Waals surface area contributed by atoms with Gasteiger partial charge in [0.25, 0.3) is 0 Å². The lowest BCUT2D eigenvalue weighted by molar-refractivity contribution is -0.123. The molecule has 36 heavy (non-hydrogen) atoms. The maximum atomic E-state index is 12.1. The molecule has 7 heteroatoms. The van der Waals surface area contributed by atoms with Gasteiger partial charge in [0, 0.05) is 75.7 Å². The summed E-state index contributed by atoms with van der Waals surface area (Å²) in [4.78, 5) is 32.1. The van der Waals surface area contributed by atoms with Crippen molar-refractivity contribution in [1.29, 1.82) is 0 Å². The van der Waals surface area contributed by atoms with Crippen LogP contribution in [0.25, 0.3) is 0 Å². The number of likely N-dealkylation sites (N-methyl/N-ethyl adjacent to an activating group) is 1. The first-order valence-corrected chi connectivity index (χ1v) is 14.7. The minimum atomic E-state index is 0.142. The lowest BCUT2D eigenvalue weighted by Crippen LogP contribution is -2.59. The summed E-state index contributed by atoms with van der Waals surface area (Å²) in [5.74, 6) is 2.02. The Morgan fingerprint density at radius 3 is 1.97 bits per heavy atom. The van der Waals surface area contributed by atoms with E-state index in [-0.39, 0.29) is 5.92 Å². The molecular weight excluding hydrogens is 448 g/mol. The van der Waals surface area contributed by atoms with Crippen molar-refractivity contribution in [2.45, 2.75) is 97.2 Å². The molecule has 3 aliphatic rings. The van der Waals surface area contributed by atoms with Crippen LogP contribution in [0.15, 0.2) is 12.4 Å². The van der Waals surface area contributed by atoms with Crippen molar-refractivity contribution in [2.24, 2.45) is 5.92 Å². The van der Waals surface area contributed by atoms with Gasteiger partial charge in [-0.05, 0) is 56.6 Å². The highest BCUT2D eigenvalue weighted by Crippen LogP contribution is 2.35. The highest BCUT2D eigenvalue weighted by Gasteiger charge is 2.34. The van der Waals surface area contributed by atoms with E-state index in [1.165, 1.54) is 31.2 Å². The first-order chi connectivity index (χ1) is 17.4. The number of hydrogen-bond acceptors (Lipinski definition) is 7. The minimum Gasteiger partial charge on any atom is -0.332 e. The van der Waals surface area contributed by atoms with Gasteiger partial charge in [-0.1, -0.05) is 34.6 Å². The van der Waals surface area contributed by atoms with Gasteiger partial charge in [0.1, 0.15) is 5.78 Å². The summed E-state index contributed by atoms with van der Waals surface area (Å²) in [5, 5.41) is 0. The van der Waals surface area contributed by atoms with Gasteiger partial charge < -0.3 is 4.90 Å². The largest absolute Gasteiger partial charge is 0.332 e. The van der Waals surface area contributed by atoms with Crippen LogP contribution in [0.5, 0.6) is 0 Å². The summed E-state index contributed by atoms with van der Waals surface area (Å²) >= 11 is 0. The molecule has 2 saturated heterocycles. The molecule has 7 nitrogen and oxygen atoms in total. The fraction of sp³-hybridized carbons (Fsp3) is 0.828. The molecule has 0 amide bonds. The van der Waals surface area contributed by atoms with Gasteiger partial charge >= 0.3 is 0 Å². The smallest absolute Gasteiger partial charge is 0.225 e. The van der Waals surface area contributed by atoms with Crippen molar-refractivity contribution < 1.29 is 4.79 Å². The van der Waals surface area contributed by atoms with Gasteiger partial charge in [-0.25, -0.2) is 9.97 Å². The molecule has 2 atom stereocenters. The number of Topliss-reactive ketones (excluding diaryl/α,β-unsaturated/α-hetero) is 1. The van der Waals surface area contributed by atoms with Crippen LogP contribution in [0, 0.1) is 5.92 Å². The van der Waals surface area contributed by atoms with E-state index < -0.39 is 0 Å². The zero-order chi connectivity index (χ0) is 25.7. The summed E-state index contributed by atoms with van der Waals surface area (Å²) in [6, 6.07) is 1.68. The number of piperazine rings is 2. The number of nitrogens with zero attached hydrogens (tertiary/aromatic N) is 6. The highest BCUT2D eigenvalue weighted by molar-refractivity contribution is 5.82. The highest BCUT2D eigenvalue weighted by atomic mass is 16.1. The van der Waals surface area contributed by atoms with Crippen LogP contribution in [-0.2, 0) is 4.79 Å². The normalized spacial score (nSPS) is 29.1. The number of ketones is 1. The molecule has 2 unspecified atom stereocenters. The first-order valence-electron chi connectivity index (χ1n) is 14.7. The van der Waals surface area contributed by atoms with Crippen molar-refractivity contribution in [3.8, 4) is 0 Å². The van der Waals surface area contributed by atoms with Gasteiger partial charge in [-0.15, -0.1) is 0 Å². The molecule has 3 fully saturated rings. The van der Waals surface area contributed by atoms with Gasteiger partial charge in [0.15, 0.2) is 0 Å². The van der Waals surface area contributed by atoms with Crippen LogP contribution in [0.3, 0.4) is 0 Å². The lowest BCUT2D eigenvalue weighted by atomic mass is 9.82. The minimum absolute atomic E-state index is 0.142. The molecule has 2 aliphatic heterocycles. The third-order valence-electron chi connectivity index (χ3n) is 9.12. The second-order valence-corrected chi connectivity index (χ2v) is 11.6. The Kier molecular flexibility index (Phi) is 9.76.